The van der Waals surface area contributed by atoms with E-state index < -0.39 is 11.6 Å². The fraction of sp³-hybridized carbons (Fsp3) is 0.357. The number of rotatable bonds is 3. The van der Waals surface area contributed by atoms with E-state index in [4.69, 9.17) is 21.1 Å². The van der Waals surface area contributed by atoms with E-state index in [2.05, 4.69) is 0 Å². The Kier molecular flexibility index (Phi) is 4.79. The van der Waals surface area contributed by atoms with E-state index in [0.29, 0.717) is 5.03 Å². The number of hydrogen-bond donors (Lipinski definition) is 0. The molecule has 0 heterocycles. The van der Waals surface area contributed by atoms with Crippen LogP contribution >= 0.6 is 11.6 Å². The van der Waals surface area contributed by atoms with Crippen molar-refractivity contribution in [2.24, 2.45) is 0 Å². The van der Waals surface area contributed by atoms with Gasteiger partial charge in [-0.1, -0.05) is 11.6 Å². The van der Waals surface area contributed by atoms with Gasteiger partial charge in [0, 0.05) is 6.08 Å². The molecule has 0 spiro atoms. The van der Waals surface area contributed by atoms with Crippen molar-refractivity contribution in [2.45, 2.75) is 26.4 Å². The van der Waals surface area contributed by atoms with Crippen LogP contribution in [0.5, 0.6) is 5.75 Å². The molecule has 0 fully saturated rings. The van der Waals surface area contributed by atoms with Gasteiger partial charge in [-0.15, -0.1) is 0 Å². The molecule has 0 atom stereocenters. The highest BCUT2D eigenvalue weighted by Crippen LogP contribution is 2.22. The Hall–Kier alpha value is -1.48. The lowest BCUT2D eigenvalue weighted by Crippen LogP contribution is -2.22. The normalized spacial score (nSPS) is 12.2. The van der Waals surface area contributed by atoms with Crippen molar-refractivity contribution in [3.63, 3.8) is 0 Å². The number of methoxy groups -OCH3 is 1. The van der Waals surface area contributed by atoms with Gasteiger partial charge in [0.1, 0.15) is 11.4 Å². The molecular weight excluding hydrogens is 252 g/mol. The maximum absolute atomic E-state index is 11.6. The Morgan fingerprint density at radius 1 is 1.22 bits per heavy atom. The van der Waals surface area contributed by atoms with E-state index >= 15 is 0 Å². The van der Waals surface area contributed by atoms with E-state index in [1.165, 1.54) is 6.08 Å². The summed E-state index contributed by atoms with van der Waals surface area (Å²) >= 11 is 6.04. The summed E-state index contributed by atoms with van der Waals surface area (Å²) in [5.74, 6) is 0.281. The molecule has 0 radical (unpaired) electrons. The summed E-state index contributed by atoms with van der Waals surface area (Å²) in [5, 5.41) is 0.340. The van der Waals surface area contributed by atoms with Crippen LogP contribution in [0, 0.1) is 0 Å². The fourth-order valence-electron chi connectivity index (χ4n) is 1.27. The number of esters is 1. The minimum absolute atomic E-state index is 0.340. The molecule has 0 amide bonds. The summed E-state index contributed by atoms with van der Waals surface area (Å²) in [5.41, 5.74) is 0.216. The minimum atomic E-state index is -0.523. The highest BCUT2D eigenvalue weighted by atomic mass is 35.5. The summed E-state index contributed by atoms with van der Waals surface area (Å²) in [4.78, 5) is 11.6. The van der Waals surface area contributed by atoms with E-state index in [1.54, 1.807) is 52.1 Å². The van der Waals surface area contributed by atoms with Crippen molar-refractivity contribution < 1.29 is 14.3 Å². The van der Waals surface area contributed by atoms with Crippen molar-refractivity contribution in [1.82, 2.24) is 0 Å². The monoisotopic (exact) mass is 268 g/mol. The lowest BCUT2D eigenvalue weighted by molar-refractivity contribution is -0.148. The Morgan fingerprint density at radius 2 is 1.78 bits per heavy atom. The molecule has 3 nitrogen and oxygen atoms in total. The third-order valence-corrected chi connectivity index (χ3v) is 2.34. The summed E-state index contributed by atoms with van der Waals surface area (Å²) in [6, 6.07) is 7.12. The largest absolute Gasteiger partial charge is 0.497 e. The quantitative estimate of drug-likeness (QED) is 0.620. The van der Waals surface area contributed by atoms with Crippen LogP contribution < -0.4 is 4.74 Å². The Bertz CT molecular complexity index is 441. The second-order valence-corrected chi connectivity index (χ2v) is 5.16. The van der Waals surface area contributed by atoms with Crippen LogP contribution in [0.3, 0.4) is 0 Å². The highest BCUT2D eigenvalue weighted by Gasteiger charge is 2.15. The maximum Gasteiger partial charge on any atom is 0.332 e. The van der Waals surface area contributed by atoms with Gasteiger partial charge < -0.3 is 9.47 Å². The third kappa shape index (κ3) is 4.80. The molecule has 0 aliphatic rings. The van der Waals surface area contributed by atoms with Crippen LogP contribution in [0.4, 0.5) is 0 Å². The van der Waals surface area contributed by atoms with E-state index in [1.807, 2.05) is 0 Å². The molecule has 0 aromatic heterocycles. The minimum Gasteiger partial charge on any atom is -0.497 e. The topological polar surface area (TPSA) is 35.5 Å². The van der Waals surface area contributed by atoms with Gasteiger partial charge in [0.25, 0.3) is 0 Å². The summed E-state index contributed by atoms with van der Waals surface area (Å²) in [6.45, 7) is 5.42. The van der Waals surface area contributed by atoms with Gasteiger partial charge in [-0.3, -0.25) is 0 Å². The molecule has 0 saturated heterocycles. The van der Waals surface area contributed by atoms with Crippen LogP contribution in [-0.4, -0.2) is 18.7 Å². The summed E-state index contributed by atoms with van der Waals surface area (Å²) < 4.78 is 10.2. The molecule has 1 aromatic carbocycles. The first-order chi connectivity index (χ1) is 8.31. The van der Waals surface area contributed by atoms with Crippen LogP contribution in [0.15, 0.2) is 30.3 Å². The summed E-state index contributed by atoms with van der Waals surface area (Å²) in [7, 11) is 1.59. The molecule has 0 aliphatic carbocycles. The second-order valence-electron chi connectivity index (χ2n) is 4.75. The zero-order valence-corrected chi connectivity index (χ0v) is 11.7. The smallest absolute Gasteiger partial charge is 0.332 e. The molecule has 1 aromatic rings. The van der Waals surface area contributed by atoms with Crippen LogP contribution in [-0.2, 0) is 9.53 Å². The predicted molar refractivity (Wildman–Crippen MR) is 72.7 cm³/mol. The van der Waals surface area contributed by atoms with Crippen LogP contribution in [0.1, 0.15) is 26.3 Å². The van der Waals surface area contributed by atoms with E-state index in [-0.39, 0.29) is 0 Å². The molecule has 0 bridgehead atoms. The van der Waals surface area contributed by atoms with Crippen LogP contribution in [0.25, 0.3) is 5.03 Å². The zero-order chi connectivity index (χ0) is 13.8. The maximum atomic E-state index is 11.6. The average molecular weight is 269 g/mol. The van der Waals surface area contributed by atoms with Gasteiger partial charge in [-0.2, -0.15) is 0 Å². The van der Waals surface area contributed by atoms with Crippen molar-refractivity contribution in [3.8, 4) is 5.75 Å². The standard InChI is InChI=1S/C14H17ClO3/c1-14(2,3)18-13(16)9-12(15)10-5-7-11(17-4)8-6-10/h5-9H,1-4H3. The summed E-state index contributed by atoms with van der Waals surface area (Å²) in [6.07, 6.45) is 1.27. The first-order valence-corrected chi connectivity index (χ1v) is 5.94. The van der Waals surface area contributed by atoms with E-state index in [9.17, 15) is 4.79 Å². The fourth-order valence-corrected chi connectivity index (χ4v) is 1.48. The molecule has 1 rings (SSSR count). The number of carbonyl (C=O) groups is 1. The van der Waals surface area contributed by atoms with Gasteiger partial charge in [0.2, 0.25) is 0 Å². The van der Waals surface area contributed by atoms with E-state index in [0.717, 1.165) is 11.3 Å². The van der Waals surface area contributed by atoms with Crippen molar-refractivity contribution in [1.29, 1.82) is 0 Å². The second kappa shape index (κ2) is 5.91. The van der Waals surface area contributed by atoms with Gasteiger partial charge >= 0.3 is 5.97 Å². The molecule has 4 heteroatoms. The Balaban J connectivity index is 2.79. The highest BCUT2D eigenvalue weighted by molar-refractivity contribution is 6.50. The lowest BCUT2D eigenvalue weighted by Gasteiger charge is -2.18. The first kappa shape index (κ1) is 14.6. The van der Waals surface area contributed by atoms with Gasteiger partial charge in [0.05, 0.1) is 12.1 Å². The SMILES string of the molecule is COc1ccc(C(Cl)=CC(=O)OC(C)(C)C)cc1. The number of benzene rings is 1. The van der Waals surface area contributed by atoms with Gasteiger partial charge in [-0.25, -0.2) is 4.79 Å². The number of halogens is 1. The third-order valence-electron chi connectivity index (χ3n) is 2.02. The molecule has 18 heavy (non-hydrogen) atoms. The number of ether oxygens (including phenoxy) is 2. The van der Waals surface area contributed by atoms with Crippen molar-refractivity contribution in [3.05, 3.63) is 35.9 Å². The van der Waals surface area contributed by atoms with Crippen LogP contribution in [0.2, 0.25) is 0 Å². The Morgan fingerprint density at radius 3 is 2.22 bits per heavy atom. The lowest BCUT2D eigenvalue weighted by atomic mass is 10.2. The molecule has 0 saturated carbocycles. The molecule has 0 unspecified atom stereocenters. The molecule has 0 aliphatic heterocycles. The van der Waals surface area contributed by atoms with Gasteiger partial charge in [-0.05, 0) is 50.6 Å². The van der Waals surface area contributed by atoms with Crippen molar-refractivity contribution >= 4 is 22.6 Å². The van der Waals surface area contributed by atoms with Crippen molar-refractivity contribution in [2.75, 3.05) is 7.11 Å². The van der Waals surface area contributed by atoms with Gasteiger partial charge in [0.15, 0.2) is 0 Å². The number of hydrogen-bond acceptors (Lipinski definition) is 3. The molecule has 98 valence electrons. The molecular formula is C14H17ClO3. The average Bonchev–Trinajstić information content (AvgIpc) is 2.26. The first-order valence-electron chi connectivity index (χ1n) is 5.56. The Labute approximate surface area is 112 Å². The number of carbonyl (C=O) groups excluding carboxylic acids is 1. The molecule has 0 N–H and O–H groups in total. The zero-order valence-electron chi connectivity index (χ0n) is 11.0. The predicted octanol–water partition coefficient (Wildman–Crippen LogP) is 3.62.